The average molecular weight is 564 g/mol. The number of nitrogens with one attached hydrogen (secondary N) is 1. The lowest BCUT2D eigenvalue weighted by Crippen LogP contribution is -2.28. The maximum absolute atomic E-state index is 12.5. The summed E-state index contributed by atoms with van der Waals surface area (Å²) in [4.78, 5) is 34.6. The van der Waals surface area contributed by atoms with Crippen molar-refractivity contribution >= 4 is 17.8 Å². The van der Waals surface area contributed by atoms with Crippen LogP contribution in [0.5, 0.6) is 0 Å². The quantitative estimate of drug-likeness (QED) is 0.0537. The van der Waals surface area contributed by atoms with Gasteiger partial charge in [-0.1, -0.05) is 103 Å². The largest absolute Gasteiger partial charge is 0.480 e. The molecule has 0 rings (SSSR count). The number of ether oxygens (including phenoxy) is 1. The summed E-state index contributed by atoms with van der Waals surface area (Å²) >= 11 is 0. The number of aliphatic carboxylic acids is 1. The molecule has 0 spiro atoms. The van der Waals surface area contributed by atoms with Gasteiger partial charge in [-0.05, 0) is 70.3 Å². The van der Waals surface area contributed by atoms with Crippen LogP contribution in [0, 0.1) is 0 Å². The lowest BCUT2D eigenvalue weighted by Gasteiger charge is -2.15. The van der Waals surface area contributed by atoms with Gasteiger partial charge in [-0.15, -0.1) is 0 Å². The van der Waals surface area contributed by atoms with Gasteiger partial charge in [0, 0.05) is 12.8 Å². The predicted molar refractivity (Wildman–Crippen MR) is 166 cm³/mol. The van der Waals surface area contributed by atoms with Gasteiger partial charge in [0.2, 0.25) is 5.91 Å². The summed E-state index contributed by atoms with van der Waals surface area (Å²) in [5.74, 6) is -1.34. The van der Waals surface area contributed by atoms with Gasteiger partial charge in [-0.25, -0.2) is 0 Å². The molecule has 40 heavy (non-hydrogen) atoms. The monoisotopic (exact) mass is 563 g/mol. The summed E-state index contributed by atoms with van der Waals surface area (Å²) in [6.07, 6.45) is 33.1. The van der Waals surface area contributed by atoms with E-state index in [1.807, 2.05) is 0 Å². The topological polar surface area (TPSA) is 92.7 Å². The van der Waals surface area contributed by atoms with Crippen LogP contribution >= 0.6 is 0 Å². The zero-order chi connectivity index (χ0) is 29.5. The fraction of sp³-hybridized carbons (Fsp3) is 0.794. The third-order valence-electron chi connectivity index (χ3n) is 7.08. The van der Waals surface area contributed by atoms with Gasteiger partial charge in [0.1, 0.15) is 12.6 Å². The Balaban J connectivity index is 4.12. The molecule has 0 heterocycles. The molecule has 6 nitrogen and oxygen atoms in total. The minimum Gasteiger partial charge on any atom is -0.480 e. The van der Waals surface area contributed by atoms with E-state index in [9.17, 15) is 14.4 Å². The van der Waals surface area contributed by atoms with Gasteiger partial charge in [-0.2, -0.15) is 0 Å². The van der Waals surface area contributed by atoms with Crippen molar-refractivity contribution < 1.29 is 24.2 Å². The van der Waals surface area contributed by atoms with Crippen LogP contribution in [0.4, 0.5) is 0 Å². The number of carboxylic acids is 1. The standard InChI is InChI=1S/C34H61NO5/c1-3-5-7-9-11-12-13-14-15-16-17-19-25-29-34(39)40-31(26-22-18-10-8-6-4-2)27-23-20-21-24-28-32(36)35-30-33(37)38/h12-13,22,26,31H,3-11,14-21,23-25,27-30H2,1-2H3,(H,35,36)(H,37,38)/b13-12-,26-22-. The summed E-state index contributed by atoms with van der Waals surface area (Å²) < 4.78 is 5.83. The van der Waals surface area contributed by atoms with Crippen LogP contribution in [0.2, 0.25) is 0 Å². The molecule has 0 aromatic heterocycles. The van der Waals surface area contributed by atoms with Crippen LogP contribution in [0.15, 0.2) is 24.3 Å². The van der Waals surface area contributed by atoms with Gasteiger partial charge in [0.05, 0.1) is 0 Å². The van der Waals surface area contributed by atoms with Crippen molar-refractivity contribution in [3.63, 3.8) is 0 Å². The van der Waals surface area contributed by atoms with E-state index in [-0.39, 0.29) is 24.5 Å². The maximum atomic E-state index is 12.5. The fourth-order valence-corrected chi connectivity index (χ4v) is 4.59. The van der Waals surface area contributed by atoms with Gasteiger partial charge >= 0.3 is 11.9 Å². The lowest BCUT2D eigenvalue weighted by atomic mass is 10.1. The van der Waals surface area contributed by atoms with E-state index in [1.165, 1.54) is 83.5 Å². The molecule has 6 heteroatoms. The number of unbranched alkanes of at least 4 members (excludes halogenated alkanes) is 16. The molecular weight excluding hydrogens is 502 g/mol. The average Bonchev–Trinajstić information content (AvgIpc) is 2.93. The summed E-state index contributed by atoms with van der Waals surface area (Å²) in [5.41, 5.74) is 0. The SMILES string of the molecule is CCCCCC/C=C\CCCCCCCC(=O)OC(/C=C\CCCCCC)CCCCCCC(=O)NCC(=O)O. The molecule has 0 saturated carbocycles. The van der Waals surface area contributed by atoms with E-state index in [0.717, 1.165) is 51.4 Å². The number of rotatable bonds is 29. The number of hydrogen-bond acceptors (Lipinski definition) is 4. The van der Waals surface area contributed by atoms with Gasteiger partial charge in [0.25, 0.3) is 0 Å². The molecule has 0 aliphatic carbocycles. The molecule has 0 bridgehead atoms. The number of carboxylic acid groups (broad SMARTS) is 1. The van der Waals surface area contributed by atoms with Crippen molar-refractivity contribution in [1.29, 1.82) is 0 Å². The van der Waals surface area contributed by atoms with Crippen LogP contribution in [-0.4, -0.2) is 35.6 Å². The minimum absolute atomic E-state index is 0.0956. The molecule has 1 amide bonds. The van der Waals surface area contributed by atoms with E-state index in [0.29, 0.717) is 12.8 Å². The molecule has 0 aliphatic heterocycles. The summed E-state index contributed by atoms with van der Waals surface area (Å²) in [7, 11) is 0. The van der Waals surface area contributed by atoms with Crippen molar-refractivity contribution in [1.82, 2.24) is 5.32 Å². The smallest absolute Gasteiger partial charge is 0.322 e. The third kappa shape index (κ3) is 28.9. The maximum Gasteiger partial charge on any atom is 0.322 e. The number of allylic oxidation sites excluding steroid dienone is 3. The molecule has 232 valence electrons. The molecule has 0 aromatic rings. The Labute approximate surface area is 245 Å². The van der Waals surface area contributed by atoms with E-state index < -0.39 is 5.97 Å². The Bertz CT molecular complexity index is 673. The number of carbonyl (C=O) groups excluding carboxylic acids is 2. The van der Waals surface area contributed by atoms with Gasteiger partial charge in [0.15, 0.2) is 0 Å². The Hall–Kier alpha value is -2.11. The highest BCUT2D eigenvalue weighted by molar-refractivity contribution is 5.80. The van der Waals surface area contributed by atoms with Crippen LogP contribution in [0.3, 0.4) is 0 Å². The molecule has 0 radical (unpaired) electrons. The molecule has 0 aliphatic rings. The molecule has 1 atom stereocenters. The first-order valence-electron chi connectivity index (χ1n) is 16.5. The first-order valence-corrected chi connectivity index (χ1v) is 16.5. The Morgan fingerprint density at radius 2 is 1.15 bits per heavy atom. The van der Waals surface area contributed by atoms with E-state index in [4.69, 9.17) is 9.84 Å². The molecule has 1 unspecified atom stereocenters. The summed E-state index contributed by atoms with van der Waals surface area (Å²) in [5, 5.41) is 11.0. The van der Waals surface area contributed by atoms with Crippen molar-refractivity contribution in [2.24, 2.45) is 0 Å². The van der Waals surface area contributed by atoms with E-state index >= 15 is 0 Å². The lowest BCUT2D eigenvalue weighted by molar-refractivity contribution is -0.147. The first-order chi connectivity index (χ1) is 19.5. The predicted octanol–water partition coefficient (Wildman–Crippen LogP) is 9.22. The molecule has 0 saturated heterocycles. The van der Waals surface area contributed by atoms with Gasteiger partial charge in [-0.3, -0.25) is 14.4 Å². The normalized spacial score (nSPS) is 12.2. The van der Waals surface area contributed by atoms with Crippen molar-refractivity contribution in [2.45, 2.75) is 168 Å². The van der Waals surface area contributed by atoms with Crippen LogP contribution < -0.4 is 5.32 Å². The zero-order valence-electron chi connectivity index (χ0n) is 25.9. The third-order valence-corrected chi connectivity index (χ3v) is 7.08. The number of carbonyl (C=O) groups is 3. The Morgan fingerprint density at radius 1 is 0.650 bits per heavy atom. The molecule has 0 aromatic carbocycles. The zero-order valence-corrected chi connectivity index (χ0v) is 25.9. The highest BCUT2D eigenvalue weighted by Gasteiger charge is 2.12. The number of hydrogen-bond donors (Lipinski definition) is 2. The number of amides is 1. The minimum atomic E-state index is -1.03. The van der Waals surface area contributed by atoms with Crippen molar-refractivity contribution in [3.05, 3.63) is 24.3 Å². The molecular formula is C34H61NO5. The highest BCUT2D eigenvalue weighted by atomic mass is 16.5. The van der Waals surface area contributed by atoms with E-state index in [1.54, 1.807) is 0 Å². The van der Waals surface area contributed by atoms with Crippen LogP contribution in [0.1, 0.15) is 162 Å². The second-order valence-corrected chi connectivity index (χ2v) is 11.1. The van der Waals surface area contributed by atoms with Crippen molar-refractivity contribution in [2.75, 3.05) is 6.54 Å². The van der Waals surface area contributed by atoms with Crippen LogP contribution in [0.25, 0.3) is 0 Å². The number of esters is 1. The Kier molecular flexibility index (Phi) is 28.3. The van der Waals surface area contributed by atoms with Gasteiger partial charge < -0.3 is 15.2 Å². The molecule has 0 fully saturated rings. The summed E-state index contributed by atoms with van der Waals surface area (Å²) in [6.45, 7) is 4.13. The fourth-order valence-electron chi connectivity index (χ4n) is 4.59. The Morgan fingerprint density at radius 3 is 1.75 bits per heavy atom. The summed E-state index contributed by atoms with van der Waals surface area (Å²) in [6, 6.07) is 0. The molecule has 2 N–H and O–H groups in total. The highest BCUT2D eigenvalue weighted by Crippen LogP contribution is 2.15. The van der Waals surface area contributed by atoms with Crippen molar-refractivity contribution in [3.8, 4) is 0 Å². The van der Waals surface area contributed by atoms with Crippen LogP contribution in [-0.2, 0) is 19.1 Å². The van der Waals surface area contributed by atoms with E-state index in [2.05, 4.69) is 43.5 Å². The second-order valence-electron chi connectivity index (χ2n) is 11.1. The second kappa shape index (κ2) is 29.9. The first kappa shape index (κ1) is 37.9.